The molecule has 0 bridgehead atoms. The molecule has 120 valence electrons. The second-order valence-corrected chi connectivity index (χ2v) is 5.88. The number of likely N-dealkylation sites (tertiary alicyclic amines) is 1. The Morgan fingerprint density at radius 3 is 2.91 bits per heavy atom. The fourth-order valence-corrected chi connectivity index (χ4v) is 2.49. The Hall–Kier alpha value is -2.04. The number of carbonyl (C=O) groups is 2. The van der Waals surface area contributed by atoms with Gasteiger partial charge in [-0.15, -0.1) is 0 Å². The minimum atomic E-state index is -0.194. The number of benzene rings is 1. The standard InChI is InChI=1S/C17H25N3O2/c1-3-13(2)18-17(22)19-15-8-6-7-14(11-15)12-20-10-5-4-9-16(20)21/h6-8,11,13H,3-5,9-10,12H2,1-2H3,(H2,18,19,22)/t13-/m0/s1. The maximum atomic E-state index is 11.9. The Morgan fingerprint density at radius 1 is 1.36 bits per heavy atom. The molecule has 22 heavy (non-hydrogen) atoms. The number of nitrogens with one attached hydrogen (secondary N) is 2. The summed E-state index contributed by atoms with van der Waals surface area (Å²) in [5.74, 6) is 0.221. The third kappa shape index (κ3) is 4.76. The number of nitrogens with zero attached hydrogens (tertiary/aromatic N) is 1. The number of rotatable bonds is 5. The van der Waals surface area contributed by atoms with E-state index in [9.17, 15) is 9.59 Å². The zero-order valence-electron chi connectivity index (χ0n) is 13.4. The summed E-state index contributed by atoms with van der Waals surface area (Å²) < 4.78 is 0. The molecule has 1 aromatic carbocycles. The van der Waals surface area contributed by atoms with Crippen LogP contribution in [0.4, 0.5) is 10.5 Å². The van der Waals surface area contributed by atoms with E-state index in [1.165, 1.54) is 0 Å². The van der Waals surface area contributed by atoms with Gasteiger partial charge in [0.2, 0.25) is 5.91 Å². The van der Waals surface area contributed by atoms with Crippen LogP contribution in [0.25, 0.3) is 0 Å². The summed E-state index contributed by atoms with van der Waals surface area (Å²) in [5, 5.41) is 5.71. The number of piperidine rings is 1. The van der Waals surface area contributed by atoms with Gasteiger partial charge in [-0.1, -0.05) is 19.1 Å². The van der Waals surface area contributed by atoms with Crippen LogP contribution in [0.15, 0.2) is 24.3 Å². The van der Waals surface area contributed by atoms with Crippen molar-refractivity contribution in [1.82, 2.24) is 10.2 Å². The second kappa shape index (κ2) is 7.82. The molecular formula is C17H25N3O2. The lowest BCUT2D eigenvalue weighted by molar-refractivity contribution is -0.133. The van der Waals surface area contributed by atoms with Crippen LogP contribution >= 0.6 is 0 Å². The minimum Gasteiger partial charge on any atom is -0.338 e. The molecule has 2 rings (SSSR count). The van der Waals surface area contributed by atoms with Crippen molar-refractivity contribution in [2.45, 2.75) is 52.1 Å². The number of amides is 3. The lowest BCUT2D eigenvalue weighted by Gasteiger charge is -2.26. The Balaban J connectivity index is 1.94. The first-order chi connectivity index (χ1) is 10.6. The second-order valence-electron chi connectivity index (χ2n) is 5.88. The summed E-state index contributed by atoms with van der Waals surface area (Å²) >= 11 is 0. The van der Waals surface area contributed by atoms with Crippen LogP contribution < -0.4 is 10.6 Å². The number of hydrogen-bond donors (Lipinski definition) is 2. The SMILES string of the molecule is CC[C@H](C)NC(=O)Nc1cccc(CN2CCCCC2=O)c1. The summed E-state index contributed by atoms with van der Waals surface area (Å²) in [5.41, 5.74) is 1.79. The number of anilines is 1. The van der Waals surface area contributed by atoms with Gasteiger partial charge in [-0.05, 0) is 43.9 Å². The first kappa shape index (κ1) is 16.3. The summed E-state index contributed by atoms with van der Waals surface area (Å²) in [6.07, 6.45) is 3.60. The average Bonchev–Trinajstić information content (AvgIpc) is 2.49. The quantitative estimate of drug-likeness (QED) is 0.878. The highest BCUT2D eigenvalue weighted by Gasteiger charge is 2.18. The molecule has 1 aliphatic heterocycles. The molecule has 0 unspecified atom stereocenters. The average molecular weight is 303 g/mol. The van der Waals surface area contributed by atoms with E-state index >= 15 is 0 Å². The van der Waals surface area contributed by atoms with Gasteiger partial charge >= 0.3 is 6.03 Å². The largest absolute Gasteiger partial charge is 0.338 e. The van der Waals surface area contributed by atoms with Gasteiger partial charge < -0.3 is 15.5 Å². The lowest BCUT2D eigenvalue weighted by Crippen LogP contribution is -2.36. The van der Waals surface area contributed by atoms with Crippen molar-refractivity contribution in [3.63, 3.8) is 0 Å². The molecule has 1 aromatic rings. The molecule has 0 radical (unpaired) electrons. The fourth-order valence-electron chi connectivity index (χ4n) is 2.49. The highest BCUT2D eigenvalue weighted by atomic mass is 16.2. The van der Waals surface area contributed by atoms with Crippen LogP contribution in [0.3, 0.4) is 0 Å². The van der Waals surface area contributed by atoms with E-state index in [1.807, 2.05) is 43.0 Å². The molecule has 5 nitrogen and oxygen atoms in total. The smallest absolute Gasteiger partial charge is 0.319 e. The first-order valence-electron chi connectivity index (χ1n) is 8.02. The molecule has 5 heteroatoms. The molecule has 0 aromatic heterocycles. The van der Waals surface area contributed by atoms with Crippen LogP contribution in [-0.2, 0) is 11.3 Å². The minimum absolute atomic E-state index is 0.147. The summed E-state index contributed by atoms with van der Waals surface area (Å²) in [6, 6.07) is 7.63. The molecule has 1 fully saturated rings. The van der Waals surface area contributed by atoms with Crippen molar-refractivity contribution < 1.29 is 9.59 Å². The number of urea groups is 1. The predicted molar refractivity (Wildman–Crippen MR) is 87.6 cm³/mol. The van der Waals surface area contributed by atoms with Gasteiger partial charge in [0.05, 0.1) is 0 Å². The Bertz CT molecular complexity index is 530. The van der Waals surface area contributed by atoms with Crippen LogP contribution in [0, 0.1) is 0 Å². The summed E-state index contributed by atoms with van der Waals surface area (Å²) in [7, 11) is 0. The predicted octanol–water partition coefficient (Wildman–Crippen LogP) is 3.12. The zero-order valence-corrected chi connectivity index (χ0v) is 13.4. The van der Waals surface area contributed by atoms with E-state index in [-0.39, 0.29) is 18.0 Å². The van der Waals surface area contributed by atoms with Crippen LogP contribution in [-0.4, -0.2) is 29.4 Å². The monoisotopic (exact) mass is 303 g/mol. The molecule has 1 aliphatic rings. The van der Waals surface area contributed by atoms with Gasteiger partial charge in [0.1, 0.15) is 0 Å². The van der Waals surface area contributed by atoms with E-state index < -0.39 is 0 Å². The van der Waals surface area contributed by atoms with E-state index in [4.69, 9.17) is 0 Å². The zero-order chi connectivity index (χ0) is 15.9. The van der Waals surface area contributed by atoms with Crippen molar-refractivity contribution >= 4 is 17.6 Å². The topological polar surface area (TPSA) is 61.4 Å². The molecule has 2 N–H and O–H groups in total. The highest BCUT2D eigenvalue weighted by molar-refractivity contribution is 5.89. The molecule has 1 saturated heterocycles. The van der Waals surface area contributed by atoms with Crippen molar-refractivity contribution in [2.75, 3.05) is 11.9 Å². The van der Waals surface area contributed by atoms with Crippen LogP contribution in [0.1, 0.15) is 45.1 Å². The molecule has 0 saturated carbocycles. The number of hydrogen-bond acceptors (Lipinski definition) is 2. The van der Waals surface area contributed by atoms with Gasteiger partial charge in [0.25, 0.3) is 0 Å². The molecule has 1 heterocycles. The van der Waals surface area contributed by atoms with Crippen molar-refractivity contribution in [2.24, 2.45) is 0 Å². The molecular weight excluding hydrogens is 278 g/mol. The lowest BCUT2D eigenvalue weighted by atomic mass is 10.1. The summed E-state index contributed by atoms with van der Waals surface area (Å²) in [6.45, 7) is 5.44. The van der Waals surface area contributed by atoms with E-state index in [0.29, 0.717) is 13.0 Å². The highest BCUT2D eigenvalue weighted by Crippen LogP contribution is 2.17. The Kier molecular flexibility index (Phi) is 5.81. The van der Waals surface area contributed by atoms with Gasteiger partial charge in [-0.3, -0.25) is 4.79 Å². The fraction of sp³-hybridized carbons (Fsp3) is 0.529. The maximum absolute atomic E-state index is 11.9. The van der Waals surface area contributed by atoms with Gasteiger partial charge in [0, 0.05) is 31.2 Å². The van der Waals surface area contributed by atoms with Crippen molar-refractivity contribution in [3.8, 4) is 0 Å². The maximum Gasteiger partial charge on any atom is 0.319 e. The van der Waals surface area contributed by atoms with E-state index in [1.54, 1.807) is 0 Å². The van der Waals surface area contributed by atoms with E-state index in [0.717, 1.165) is 37.1 Å². The van der Waals surface area contributed by atoms with Gasteiger partial charge in [0.15, 0.2) is 0 Å². The molecule has 0 spiro atoms. The third-order valence-corrected chi connectivity index (χ3v) is 3.97. The Labute approximate surface area is 132 Å². The normalized spacial score (nSPS) is 16.3. The first-order valence-corrected chi connectivity index (χ1v) is 8.02. The molecule has 3 amide bonds. The van der Waals surface area contributed by atoms with Crippen molar-refractivity contribution in [3.05, 3.63) is 29.8 Å². The molecule has 0 aliphatic carbocycles. The summed E-state index contributed by atoms with van der Waals surface area (Å²) in [4.78, 5) is 25.6. The van der Waals surface area contributed by atoms with Crippen molar-refractivity contribution in [1.29, 1.82) is 0 Å². The number of carbonyl (C=O) groups excluding carboxylic acids is 2. The van der Waals surface area contributed by atoms with Crippen LogP contribution in [0.2, 0.25) is 0 Å². The Morgan fingerprint density at radius 2 is 2.18 bits per heavy atom. The molecule has 1 atom stereocenters. The van der Waals surface area contributed by atoms with Crippen LogP contribution in [0.5, 0.6) is 0 Å². The van der Waals surface area contributed by atoms with E-state index in [2.05, 4.69) is 10.6 Å². The van der Waals surface area contributed by atoms with Gasteiger partial charge in [-0.2, -0.15) is 0 Å². The van der Waals surface area contributed by atoms with Gasteiger partial charge in [-0.25, -0.2) is 4.79 Å². The third-order valence-electron chi connectivity index (χ3n) is 3.97.